The minimum absolute atomic E-state index is 0.123. The predicted octanol–water partition coefficient (Wildman–Crippen LogP) is 2.63. The molecule has 1 unspecified atom stereocenters. The van der Waals surface area contributed by atoms with E-state index in [9.17, 15) is 9.59 Å². The van der Waals surface area contributed by atoms with Crippen molar-refractivity contribution in [2.45, 2.75) is 26.7 Å². The van der Waals surface area contributed by atoms with Crippen LogP contribution in [0.3, 0.4) is 0 Å². The summed E-state index contributed by atoms with van der Waals surface area (Å²) < 4.78 is 0. The maximum atomic E-state index is 11.7. The molecule has 0 aliphatic rings. The summed E-state index contributed by atoms with van der Waals surface area (Å²) in [5, 5.41) is 2.77. The molecular formula is C13H17NO2. The van der Waals surface area contributed by atoms with E-state index < -0.39 is 5.41 Å². The van der Waals surface area contributed by atoms with Crippen LogP contribution in [0.4, 0.5) is 5.69 Å². The number of para-hydroxylation sites is 1. The normalized spacial score (nSPS) is 13.9. The highest BCUT2D eigenvalue weighted by atomic mass is 16.1. The third kappa shape index (κ3) is 3.50. The van der Waals surface area contributed by atoms with E-state index in [1.54, 1.807) is 6.92 Å². The molecule has 0 radical (unpaired) electrons. The number of aldehydes is 1. The van der Waals surface area contributed by atoms with Gasteiger partial charge < -0.3 is 10.1 Å². The van der Waals surface area contributed by atoms with Gasteiger partial charge in [0.1, 0.15) is 6.29 Å². The van der Waals surface area contributed by atoms with Gasteiger partial charge in [-0.25, -0.2) is 0 Å². The Morgan fingerprint density at radius 1 is 1.38 bits per heavy atom. The van der Waals surface area contributed by atoms with Crippen LogP contribution in [0.25, 0.3) is 0 Å². The lowest BCUT2D eigenvalue weighted by atomic mass is 9.85. The summed E-state index contributed by atoms with van der Waals surface area (Å²) in [6, 6.07) is 9.24. The zero-order valence-electron chi connectivity index (χ0n) is 9.69. The minimum atomic E-state index is -0.557. The summed E-state index contributed by atoms with van der Waals surface area (Å²) in [7, 11) is 0. The zero-order valence-corrected chi connectivity index (χ0v) is 9.69. The molecule has 86 valence electrons. The zero-order chi connectivity index (χ0) is 12.0. The van der Waals surface area contributed by atoms with Crippen LogP contribution >= 0.6 is 0 Å². The molecule has 1 amide bonds. The Balaban J connectivity index is 2.57. The molecule has 1 atom stereocenters. The smallest absolute Gasteiger partial charge is 0.225 e. The van der Waals surface area contributed by atoms with Gasteiger partial charge in [0.15, 0.2) is 0 Å². The van der Waals surface area contributed by atoms with Crippen LogP contribution in [0, 0.1) is 5.41 Å². The molecule has 0 saturated heterocycles. The van der Waals surface area contributed by atoms with E-state index >= 15 is 0 Å². The molecule has 0 bridgehead atoms. The first-order valence-electron chi connectivity index (χ1n) is 5.41. The summed E-state index contributed by atoms with van der Waals surface area (Å²) in [5.74, 6) is -0.123. The van der Waals surface area contributed by atoms with Gasteiger partial charge in [-0.05, 0) is 18.6 Å². The Kier molecular flexibility index (Phi) is 4.23. The van der Waals surface area contributed by atoms with Crippen molar-refractivity contribution in [1.82, 2.24) is 0 Å². The number of nitrogens with one attached hydrogen (secondary N) is 1. The molecule has 0 heterocycles. The largest absolute Gasteiger partial charge is 0.326 e. The van der Waals surface area contributed by atoms with Crippen LogP contribution in [0.15, 0.2) is 30.3 Å². The van der Waals surface area contributed by atoms with Crippen LogP contribution in [0.5, 0.6) is 0 Å². The first-order valence-corrected chi connectivity index (χ1v) is 5.41. The van der Waals surface area contributed by atoms with Crippen LogP contribution in [-0.4, -0.2) is 12.2 Å². The highest BCUT2D eigenvalue weighted by molar-refractivity contribution is 5.92. The molecule has 1 aromatic carbocycles. The molecule has 0 aliphatic heterocycles. The van der Waals surface area contributed by atoms with Crippen LogP contribution in [0.1, 0.15) is 26.7 Å². The van der Waals surface area contributed by atoms with E-state index in [0.29, 0.717) is 6.42 Å². The highest BCUT2D eigenvalue weighted by Crippen LogP contribution is 2.23. The van der Waals surface area contributed by atoms with E-state index in [4.69, 9.17) is 0 Å². The molecule has 0 spiro atoms. The highest BCUT2D eigenvalue weighted by Gasteiger charge is 2.24. The van der Waals surface area contributed by atoms with Crippen molar-refractivity contribution in [2.75, 3.05) is 5.32 Å². The number of anilines is 1. The Hall–Kier alpha value is -1.64. The van der Waals surface area contributed by atoms with Crippen molar-refractivity contribution in [2.24, 2.45) is 5.41 Å². The van der Waals surface area contributed by atoms with Crippen molar-refractivity contribution in [3.63, 3.8) is 0 Å². The van der Waals surface area contributed by atoms with Crippen molar-refractivity contribution in [3.05, 3.63) is 30.3 Å². The Bertz CT molecular complexity index is 361. The topological polar surface area (TPSA) is 46.2 Å². The van der Waals surface area contributed by atoms with Gasteiger partial charge in [-0.2, -0.15) is 0 Å². The fourth-order valence-electron chi connectivity index (χ4n) is 1.34. The maximum absolute atomic E-state index is 11.7. The number of amides is 1. The second-order valence-corrected chi connectivity index (χ2v) is 4.22. The first-order chi connectivity index (χ1) is 7.59. The SMILES string of the molecule is CCC(C)(C=O)CC(=O)Nc1ccccc1. The summed E-state index contributed by atoms with van der Waals surface area (Å²) in [6.07, 6.45) is 1.75. The summed E-state index contributed by atoms with van der Waals surface area (Å²) in [6.45, 7) is 3.70. The van der Waals surface area contributed by atoms with Crippen LogP contribution in [-0.2, 0) is 9.59 Å². The lowest BCUT2D eigenvalue weighted by Crippen LogP contribution is -2.25. The molecule has 1 N–H and O–H groups in total. The van der Waals surface area contributed by atoms with E-state index in [2.05, 4.69) is 5.32 Å². The molecule has 0 aliphatic carbocycles. The number of benzene rings is 1. The average Bonchev–Trinajstić information content (AvgIpc) is 2.30. The molecule has 1 aromatic rings. The first kappa shape index (κ1) is 12.4. The molecule has 0 saturated carbocycles. The van der Waals surface area contributed by atoms with Gasteiger partial charge in [-0.3, -0.25) is 4.79 Å². The summed E-state index contributed by atoms with van der Waals surface area (Å²) >= 11 is 0. The van der Waals surface area contributed by atoms with E-state index in [1.165, 1.54) is 0 Å². The number of hydrogen-bond donors (Lipinski definition) is 1. The average molecular weight is 219 g/mol. The molecule has 0 aromatic heterocycles. The van der Waals surface area contributed by atoms with E-state index in [0.717, 1.165) is 12.0 Å². The Morgan fingerprint density at radius 2 is 2.00 bits per heavy atom. The quantitative estimate of drug-likeness (QED) is 0.774. The molecule has 3 heteroatoms. The fraction of sp³-hybridized carbons (Fsp3) is 0.385. The molecular weight excluding hydrogens is 202 g/mol. The fourth-order valence-corrected chi connectivity index (χ4v) is 1.34. The summed E-state index contributed by atoms with van der Waals surface area (Å²) in [5.41, 5.74) is 0.204. The molecule has 1 rings (SSSR count). The van der Waals surface area contributed by atoms with Crippen LogP contribution < -0.4 is 5.32 Å². The van der Waals surface area contributed by atoms with Gasteiger partial charge in [0.2, 0.25) is 5.91 Å². The third-order valence-electron chi connectivity index (χ3n) is 2.71. The Morgan fingerprint density at radius 3 is 2.50 bits per heavy atom. The Labute approximate surface area is 95.9 Å². The molecule has 16 heavy (non-hydrogen) atoms. The van der Waals surface area contributed by atoms with Gasteiger partial charge in [-0.15, -0.1) is 0 Å². The monoisotopic (exact) mass is 219 g/mol. The lowest BCUT2D eigenvalue weighted by molar-refractivity contribution is -0.124. The maximum Gasteiger partial charge on any atom is 0.225 e. The van der Waals surface area contributed by atoms with Gasteiger partial charge in [0.05, 0.1) is 0 Å². The minimum Gasteiger partial charge on any atom is -0.326 e. The molecule has 0 fully saturated rings. The van der Waals surface area contributed by atoms with E-state index in [1.807, 2.05) is 37.3 Å². The van der Waals surface area contributed by atoms with Crippen molar-refractivity contribution < 1.29 is 9.59 Å². The lowest BCUT2D eigenvalue weighted by Gasteiger charge is -2.19. The number of carbonyl (C=O) groups is 2. The van der Waals surface area contributed by atoms with Gasteiger partial charge in [0, 0.05) is 17.5 Å². The van der Waals surface area contributed by atoms with Gasteiger partial charge in [-0.1, -0.05) is 32.0 Å². The third-order valence-corrected chi connectivity index (χ3v) is 2.71. The van der Waals surface area contributed by atoms with Crippen molar-refractivity contribution in [1.29, 1.82) is 0 Å². The standard InChI is InChI=1S/C13H17NO2/c1-3-13(2,10-15)9-12(16)14-11-7-5-4-6-8-11/h4-8,10H,3,9H2,1-2H3,(H,14,16). The van der Waals surface area contributed by atoms with E-state index in [-0.39, 0.29) is 12.3 Å². The molecule has 3 nitrogen and oxygen atoms in total. The number of carbonyl (C=O) groups excluding carboxylic acids is 2. The van der Waals surface area contributed by atoms with Crippen LogP contribution in [0.2, 0.25) is 0 Å². The number of hydrogen-bond acceptors (Lipinski definition) is 2. The second kappa shape index (κ2) is 5.45. The van der Waals surface area contributed by atoms with Crippen molar-refractivity contribution in [3.8, 4) is 0 Å². The predicted molar refractivity (Wildman–Crippen MR) is 64.2 cm³/mol. The van der Waals surface area contributed by atoms with Gasteiger partial charge in [0.25, 0.3) is 0 Å². The van der Waals surface area contributed by atoms with Crippen molar-refractivity contribution >= 4 is 17.9 Å². The summed E-state index contributed by atoms with van der Waals surface area (Å²) in [4.78, 5) is 22.5. The second-order valence-electron chi connectivity index (χ2n) is 4.22. The van der Waals surface area contributed by atoms with Gasteiger partial charge >= 0.3 is 0 Å². The number of rotatable bonds is 5.